The first-order valence-electron chi connectivity index (χ1n) is 6.05. The minimum Gasteiger partial charge on any atom is -0.504 e. The molecule has 0 spiro atoms. The highest BCUT2D eigenvalue weighted by Gasteiger charge is 2.17. The number of rotatable bonds is 4. The number of carbonyl (C=O) groups is 1. The van der Waals surface area contributed by atoms with Crippen molar-refractivity contribution in [2.75, 3.05) is 13.7 Å². The number of nitrogens with one attached hydrogen (secondary N) is 2. The van der Waals surface area contributed by atoms with Crippen molar-refractivity contribution >= 4 is 5.91 Å². The molecule has 1 saturated heterocycles. The van der Waals surface area contributed by atoms with E-state index in [1.54, 1.807) is 6.07 Å². The van der Waals surface area contributed by atoms with Crippen LogP contribution in [0.5, 0.6) is 11.5 Å². The Morgan fingerprint density at radius 3 is 3.06 bits per heavy atom. The number of hydrogen-bond donors (Lipinski definition) is 3. The van der Waals surface area contributed by atoms with Gasteiger partial charge in [0.1, 0.15) is 0 Å². The quantitative estimate of drug-likeness (QED) is 0.738. The van der Waals surface area contributed by atoms with E-state index in [0.29, 0.717) is 25.3 Å². The molecule has 1 aliphatic rings. The average molecular weight is 250 g/mol. The van der Waals surface area contributed by atoms with Gasteiger partial charge in [-0.3, -0.25) is 4.79 Å². The number of phenols is 1. The summed E-state index contributed by atoms with van der Waals surface area (Å²) in [5.74, 6) is 0.760. The van der Waals surface area contributed by atoms with Gasteiger partial charge in [0.2, 0.25) is 5.91 Å². The molecule has 18 heavy (non-hydrogen) atoms. The van der Waals surface area contributed by atoms with Crippen molar-refractivity contribution in [3.63, 3.8) is 0 Å². The Balaban J connectivity index is 1.92. The molecule has 2 rings (SSSR count). The van der Waals surface area contributed by atoms with Crippen molar-refractivity contribution in [3.05, 3.63) is 23.8 Å². The van der Waals surface area contributed by atoms with Crippen LogP contribution in [0.4, 0.5) is 0 Å². The number of hydrogen-bond acceptors (Lipinski definition) is 4. The normalized spacial score (nSPS) is 19.4. The summed E-state index contributed by atoms with van der Waals surface area (Å²) in [6.07, 6.45) is 1.39. The number of amides is 1. The minimum absolute atomic E-state index is 0.109. The molecule has 1 aliphatic heterocycles. The Morgan fingerprint density at radius 1 is 1.56 bits per heavy atom. The summed E-state index contributed by atoms with van der Waals surface area (Å²) in [5.41, 5.74) is 0.797. The van der Waals surface area contributed by atoms with Crippen LogP contribution < -0.4 is 15.4 Å². The van der Waals surface area contributed by atoms with Crippen LogP contribution in [-0.2, 0) is 11.3 Å². The Kier molecular flexibility index (Phi) is 4.04. The van der Waals surface area contributed by atoms with Gasteiger partial charge in [0, 0.05) is 31.1 Å². The highest BCUT2D eigenvalue weighted by molar-refractivity contribution is 5.76. The summed E-state index contributed by atoms with van der Waals surface area (Å²) < 4.78 is 5.06. The number of aromatic hydroxyl groups is 1. The van der Waals surface area contributed by atoms with Gasteiger partial charge < -0.3 is 20.5 Å². The second kappa shape index (κ2) is 5.73. The van der Waals surface area contributed by atoms with Crippen LogP contribution >= 0.6 is 0 Å². The van der Waals surface area contributed by atoms with Crippen molar-refractivity contribution in [2.24, 2.45) is 0 Å². The van der Waals surface area contributed by atoms with Crippen molar-refractivity contribution in [2.45, 2.75) is 25.4 Å². The fraction of sp³-hybridized carbons (Fsp3) is 0.462. The largest absolute Gasteiger partial charge is 0.504 e. The number of ether oxygens (including phenoxy) is 1. The number of phenolic OH excluding ortho intramolecular Hbond substituents is 1. The SMILES string of the molecule is COc1cccc(CNC2CCC(=O)NC2)c1O. The molecule has 5 heteroatoms. The van der Waals surface area contributed by atoms with E-state index in [9.17, 15) is 9.90 Å². The maximum absolute atomic E-state index is 11.0. The standard InChI is InChI=1S/C13H18N2O3/c1-18-11-4-2-3-9(13(11)17)7-14-10-5-6-12(16)15-8-10/h2-4,10,14,17H,5-8H2,1H3,(H,15,16). The van der Waals surface area contributed by atoms with Gasteiger partial charge in [-0.15, -0.1) is 0 Å². The van der Waals surface area contributed by atoms with Gasteiger partial charge in [0.15, 0.2) is 11.5 Å². The first-order valence-corrected chi connectivity index (χ1v) is 6.05. The summed E-state index contributed by atoms with van der Waals surface area (Å²) in [4.78, 5) is 11.0. The molecule has 0 aromatic heterocycles. The van der Waals surface area contributed by atoms with Gasteiger partial charge in [-0.1, -0.05) is 12.1 Å². The predicted molar refractivity (Wildman–Crippen MR) is 67.5 cm³/mol. The summed E-state index contributed by atoms with van der Waals surface area (Å²) in [6, 6.07) is 5.68. The van der Waals surface area contributed by atoms with Gasteiger partial charge in [-0.05, 0) is 12.5 Å². The van der Waals surface area contributed by atoms with Crippen molar-refractivity contribution in [1.29, 1.82) is 0 Å². The smallest absolute Gasteiger partial charge is 0.220 e. The summed E-state index contributed by atoms with van der Waals surface area (Å²) in [6.45, 7) is 1.20. The Hall–Kier alpha value is -1.75. The van der Waals surface area contributed by atoms with Crippen molar-refractivity contribution < 1.29 is 14.6 Å². The Morgan fingerprint density at radius 2 is 2.39 bits per heavy atom. The van der Waals surface area contributed by atoms with E-state index < -0.39 is 0 Å². The second-order valence-corrected chi connectivity index (χ2v) is 4.39. The summed E-state index contributed by atoms with van der Waals surface area (Å²) in [7, 11) is 1.53. The highest BCUT2D eigenvalue weighted by Crippen LogP contribution is 2.29. The average Bonchev–Trinajstić information content (AvgIpc) is 2.39. The maximum Gasteiger partial charge on any atom is 0.220 e. The molecular weight excluding hydrogens is 232 g/mol. The van der Waals surface area contributed by atoms with Crippen LogP contribution in [0.1, 0.15) is 18.4 Å². The van der Waals surface area contributed by atoms with Crippen LogP contribution in [0.15, 0.2) is 18.2 Å². The van der Waals surface area contributed by atoms with E-state index in [4.69, 9.17) is 4.74 Å². The summed E-state index contributed by atoms with van der Waals surface area (Å²) in [5, 5.41) is 16.1. The zero-order valence-electron chi connectivity index (χ0n) is 10.4. The first-order chi connectivity index (χ1) is 8.70. The van der Waals surface area contributed by atoms with Crippen LogP contribution in [-0.4, -0.2) is 30.7 Å². The van der Waals surface area contributed by atoms with Crippen LogP contribution in [0.25, 0.3) is 0 Å². The number of methoxy groups -OCH3 is 1. The predicted octanol–water partition coefficient (Wildman–Crippen LogP) is 0.769. The van der Waals surface area contributed by atoms with Gasteiger partial charge in [0.25, 0.3) is 0 Å². The summed E-state index contributed by atoms with van der Waals surface area (Å²) >= 11 is 0. The zero-order chi connectivity index (χ0) is 13.0. The van der Waals surface area contributed by atoms with Gasteiger partial charge >= 0.3 is 0 Å². The van der Waals surface area contributed by atoms with E-state index >= 15 is 0 Å². The Bertz CT molecular complexity index is 424. The number of benzene rings is 1. The molecule has 1 aromatic rings. The minimum atomic E-state index is 0.109. The van der Waals surface area contributed by atoms with Crippen LogP contribution in [0, 0.1) is 0 Å². The lowest BCUT2D eigenvalue weighted by Crippen LogP contribution is -2.45. The van der Waals surface area contributed by atoms with Gasteiger partial charge in [-0.2, -0.15) is 0 Å². The lowest BCUT2D eigenvalue weighted by atomic mass is 10.1. The third-order valence-corrected chi connectivity index (χ3v) is 3.15. The maximum atomic E-state index is 11.0. The van der Waals surface area contributed by atoms with Gasteiger partial charge in [0.05, 0.1) is 7.11 Å². The molecule has 1 amide bonds. The van der Waals surface area contributed by atoms with Crippen molar-refractivity contribution in [1.82, 2.24) is 10.6 Å². The molecular formula is C13H18N2O3. The molecule has 1 aromatic carbocycles. The topological polar surface area (TPSA) is 70.6 Å². The zero-order valence-corrected chi connectivity index (χ0v) is 10.4. The molecule has 1 unspecified atom stereocenters. The lowest BCUT2D eigenvalue weighted by Gasteiger charge is -2.23. The van der Waals surface area contributed by atoms with E-state index in [1.165, 1.54) is 7.11 Å². The molecule has 0 aliphatic carbocycles. The van der Waals surface area contributed by atoms with Crippen LogP contribution in [0.2, 0.25) is 0 Å². The molecule has 1 atom stereocenters. The number of carbonyl (C=O) groups excluding carboxylic acids is 1. The molecule has 1 fully saturated rings. The van der Waals surface area contributed by atoms with Crippen LogP contribution in [0.3, 0.4) is 0 Å². The monoisotopic (exact) mass is 250 g/mol. The lowest BCUT2D eigenvalue weighted by molar-refractivity contribution is -0.122. The molecule has 98 valence electrons. The highest BCUT2D eigenvalue weighted by atomic mass is 16.5. The molecule has 0 saturated carbocycles. The van der Waals surface area contributed by atoms with E-state index in [2.05, 4.69) is 10.6 Å². The third kappa shape index (κ3) is 2.92. The molecule has 0 bridgehead atoms. The first kappa shape index (κ1) is 12.7. The molecule has 5 nitrogen and oxygen atoms in total. The fourth-order valence-electron chi connectivity index (χ4n) is 2.04. The number of piperidine rings is 1. The van der Waals surface area contributed by atoms with E-state index in [-0.39, 0.29) is 17.7 Å². The second-order valence-electron chi connectivity index (χ2n) is 4.39. The number of para-hydroxylation sites is 1. The van der Waals surface area contributed by atoms with Gasteiger partial charge in [-0.25, -0.2) is 0 Å². The molecule has 3 N–H and O–H groups in total. The van der Waals surface area contributed by atoms with E-state index in [0.717, 1.165) is 12.0 Å². The Labute approximate surface area is 106 Å². The molecule has 1 heterocycles. The van der Waals surface area contributed by atoms with Crippen molar-refractivity contribution in [3.8, 4) is 11.5 Å². The fourth-order valence-corrected chi connectivity index (χ4v) is 2.04. The third-order valence-electron chi connectivity index (χ3n) is 3.15. The van der Waals surface area contributed by atoms with E-state index in [1.807, 2.05) is 12.1 Å². The molecule has 0 radical (unpaired) electrons.